The van der Waals surface area contributed by atoms with Gasteiger partial charge >= 0.3 is 0 Å². The number of nitrogens with zero attached hydrogens (tertiary/aromatic N) is 5. The molecule has 2 N–H and O–H groups in total. The molecule has 0 saturated heterocycles. The Kier molecular flexibility index (Phi) is 3.07. The van der Waals surface area contributed by atoms with Crippen LogP contribution in [0, 0.1) is 6.92 Å². The van der Waals surface area contributed by atoms with Gasteiger partial charge in [0, 0.05) is 6.07 Å². The second kappa shape index (κ2) is 4.89. The van der Waals surface area contributed by atoms with E-state index in [-0.39, 0.29) is 11.8 Å². The number of hydrogen-bond acceptors (Lipinski definition) is 5. The summed E-state index contributed by atoms with van der Waals surface area (Å²) >= 11 is 5.50. The molecule has 0 spiro atoms. The number of halogens is 1. The van der Waals surface area contributed by atoms with E-state index in [1.54, 1.807) is 6.07 Å². The topological polar surface area (TPSA) is 101 Å². The predicted octanol–water partition coefficient (Wildman–Crippen LogP) is 1.02. The monoisotopic (exact) mass is 291 g/mol. The van der Waals surface area contributed by atoms with Crippen molar-refractivity contribution in [2.45, 2.75) is 6.92 Å². The number of rotatable bonds is 3. The maximum absolute atomic E-state index is 11.5. The number of H-pyrrole nitrogens is 1. The highest BCUT2D eigenvalue weighted by Gasteiger charge is 2.15. The number of aromatic nitrogens is 6. The molecule has 0 unspecified atom stereocenters. The van der Waals surface area contributed by atoms with Gasteiger partial charge < -0.3 is 10.3 Å². The third kappa shape index (κ3) is 2.10. The molecule has 0 aromatic carbocycles. The lowest BCUT2D eigenvalue weighted by molar-refractivity contribution is -0.114. The number of nitrogens with one attached hydrogen (secondary N) is 2. The zero-order valence-electron chi connectivity index (χ0n) is 10.5. The Morgan fingerprint density at radius 2 is 2.30 bits per heavy atom. The first kappa shape index (κ1) is 12.5. The lowest BCUT2D eigenvalue weighted by atomic mass is 10.4. The fraction of sp³-hybridized carbons (Fsp3) is 0.182. The Morgan fingerprint density at radius 3 is 3.10 bits per heavy atom. The lowest BCUT2D eigenvalue weighted by Gasteiger charge is -2.07. The third-order valence-corrected chi connectivity index (χ3v) is 2.87. The minimum atomic E-state index is -0.317. The number of hydrogen-bond donors (Lipinski definition) is 2. The van der Waals surface area contributed by atoms with Crippen LogP contribution in [-0.2, 0) is 4.79 Å². The van der Waals surface area contributed by atoms with Crippen LogP contribution in [0.15, 0.2) is 18.7 Å². The molecule has 9 heteroatoms. The number of amides is 1. The van der Waals surface area contributed by atoms with Crippen LogP contribution in [0.1, 0.15) is 5.69 Å². The summed E-state index contributed by atoms with van der Waals surface area (Å²) < 4.78 is 1.52. The molecular formula is C11H10ClN7O. The maximum atomic E-state index is 11.5. The quantitative estimate of drug-likeness (QED) is 0.702. The van der Waals surface area contributed by atoms with Gasteiger partial charge in [0.05, 0.1) is 12.0 Å². The highest BCUT2D eigenvalue weighted by atomic mass is 35.5. The smallest absolute Gasteiger partial charge is 0.240 e. The minimum Gasteiger partial charge on any atom is -0.340 e. The zero-order valence-corrected chi connectivity index (χ0v) is 11.2. The van der Waals surface area contributed by atoms with Crippen molar-refractivity contribution in [2.75, 3.05) is 11.2 Å². The van der Waals surface area contributed by atoms with E-state index in [2.05, 4.69) is 30.4 Å². The van der Waals surface area contributed by atoms with Gasteiger partial charge in [0.1, 0.15) is 23.5 Å². The molecule has 8 nitrogen and oxygen atoms in total. The molecule has 0 bridgehead atoms. The number of anilines is 1. The second-order valence-corrected chi connectivity index (χ2v) is 4.33. The summed E-state index contributed by atoms with van der Waals surface area (Å²) in [6.07, 6.45) is 2.92. The Bertz CT molecular complexity index is 778. The number of imidazole rings is 1. The Morgan fingerprint density at radius 1 is 1.45 bits per heavy atom. The minimum absolute atomic E-state index is 0.131. The number of aromatic amines is 1. The van der Waals surface area contributed by atoms with E-state index < -0.39 is 0 Å². The van der Waals surface area contributed by atoms with Crippen molar-refractivity contribution < 1.29 is 4.79 Å². The number of carbonyl (C=O) groups excluding carboxylic acids is 1. The normalized spacial score (nSPS) is 10.9. The van der Waals surface area contributed by atoms with Crippen molar-refractivity contribution in [2.24, 2.45) is 0 Å². The van der Waals surface area contributed by atoms with Crippen molar-refractivity contribution in [3.05, 3.63) is 24.4 Å². The average Bonchev–Trinajstić information content (AvgIpc) is 3.04. The number of alkyl halides is 1. The summed E-state index contributed by atoms with van der Waals surface area (Å²) in [5, 5.41) is 6.99. The van der Waals surface area contributed by atoms with Crippen molar-refractivity contribution >= 4 is 34.5 Å². The highest BCUT2D eigenvalue weighted by Crippen LogP contribution is 2.20. The maximum Gasteiger partial charge on any atom is 0.240 e. The van der Waals surface area contributed by atoms with E-state index in [9.17, 15) is 4.79 Å². The van der Waals surface area contributed by atoms with E-state index in [0.29, 0.717) is 22.8 Å². The molecule has 0 aliphatic rings. The van der Waals surface area contributed by atoms with Gasteiger partial charge in [0.25, 0.3) is 0 Å². The van der Waals surface area contributed by atoms with Crippen molar-refractivity contribution in [1.29, 1.82) is 0 Å². The average molecular weight is 292 g/mol. The molecule has 0 radical (unpaired) electrons. The molecule has 3 aromatic heterocycles. The fourth-order valence-corrected chi connectivity index (χ4v) is 1.91. The van der Waals surface area contributed by atoms with Gasteiger partial charge in [-0.15, -0.1) is 11.6 Å². The van der Waals surface area contributed by atoms with Crippen LogP contribution in [0.5, 0.6) is 0 Å². The second-order valence-electron chi connectivity index (χ2n) is 4.06. The van der Waals surface area contributed by atoms with Gasteiger partial charge in [-0.05, 0) is 6.92 Å². The summed E-state index contributed by atoms with van der Waals surface area (Å²) in [5.41, 5.74) is 1.90. The summed E-state index contributed by atoms with van der Waals surface area (Å²) in [5.74, 6) is 0.545. The first-order chi connectivity index (χ1) is 9.69. The molecule has 3 aromatic rings. The Balaban J connectivity index is 2.14. The predicted molar refractivity (Wildman–Crippen MR) is 72.9 cm³/mol. The molecule has 1 amide bonds. The van der Waals surface area contributed by atoms with Crippen LogP contribution < -0.4 is 5.32 Å². The first-order valence-corrected chi connectivity index (χ1v) is 6.29. The van der Waals surface area contributed by atoms with Gasteiger partial charge in [0.2, 0.25) is 5.91 Å². The van der Waals surface area contributed by atoms with Gasteiger partial charge in [0.15, 0.2) is 11.5 Å². The van der Waals surface area contributed by atoms with Gasteiger partial charge in [-0.25, -0.2) is 15.0 Å². The molecule has 3 rings (SSSR count). The molecule has 3 heterocycles. The van der Waals surface area contributed by atoms with E-state index in [0.717, 1.165) is 5.69 Å². The number of aryl methyl sites for hydroxylation is 1. The van der Waals surface area contributed by atoms with E-state index in [1.807, 2.05) is 6.92 Å². The standard InChI is InChI=1S/C11H10ClN7O/c1-6-2-7(17-8(20)3-12)19(18-6)11-9-10(14-4-13-9)15-5-16-11/h2,4-5H,3H2,1H3,(H,17,20)(H,13,14,15,16). The number of carbonyl (C=O) groups is 1. The fourth-order valence-electron chi connectivity index (χ4n) is 1.84. The largest absolute Gasteiger partial charge is 0.340 e. The molecule has 0 atom stereocenters. The molecule has 20 heavy (non-hydrogen) atoms. The van der Waals surface area contributed by atoms with Crippen LogP contribution in [0.3, 0.4) is 0 Å². The molecular weight excluding hydrogens is 282 g/mol. The lowest BCUT2D eigenvalue weighted by Crippen LogP contribution is -2.16. The SMILES string of the molecule is Cc1cc(NC(=O)CCl)n(-c2ncnc3nc[nH]c23)n1. The zero-order chi connectivity index (χ0) is 14.1. The van der Waals surface area contributed by atoms with Crippen LogP contribution in [-0.4, -0.2) is 41.5 Å². The van der Waals surface area contributed by atoms with E-state index >= 15 is 0 Å². The molecule has 0 aliphatic carbocycles. The molecule has 0 fully saturated rings. The molecule has 0 saturated carbocycles. The van der Waals surface area contributed by atoms with E-state index in [1.165, 1.54) is 17.3 Å². The highest BCUT2D eigenvalue weighted by molar-refractivity contribution is 6.29. The Hall–Kier alpha value is -2.48. The van der Waals surface area contributed by atoms with Crippen molar-refractivity contribution in [1.82, 2.24) is 29.7 Å². The van der Waals surface area contributed by atoms with Crippen LogP contribution >= 0.6 is 11.6 Å². The summed E-state index contributed by atoms with van der Waals surface area (Å²) in [6.45, 7) is 1.82. The summed E-state index contributed by atoms with van der Waals surface area (Å²) in [6, 6.07) is 1.73. The Labute approximate surface area is 118 Å². The van der Waals surface area contributed by atoms with Gasteiger partial charge in [-0.1, -0.05) is 0 Å². The van der Waals surface area contributed by atoms with Crippen LogP contribution in [0.4, 0.5) is 5.82 Å². The number of fused-ring (bicyclic) bond motifs is 1. The van der Waals surface area contributed by atoms with Crippen LogP contribution in [0.25, 0.3) is 17.0 Å². The molecule has 0 aliphatic heterocycles. The van der Waals surface area contributed by atoms with Crippen molar-refractivity contribution in [3.63, 3.8) is 0 Å². The van der Waals surface area contributed by atoms with Crippen LogP contribution in [0.2, 0.25) is 0 Å². The summed E-state index contributed by atoms with van der Waals surface area (Å²) in [7, 11) is 0. The van der Waals surface area contributed by atoms with Gasteiger partial charge in [-0.3, -0.25) is 4.79 Å². The van der Waals surface area contributed by atoms with E-state index in [4.69, 9.17) is 11.6 Å². The van der Waals surface area contributed by atoms with Gasteiger partial charge in [-0.2, -0.15) is 9.78 Å². The third-order valence-electron chi connectivity index (χ3n) is 2.62. The van der Waals surface area contributed by atoms with Crippen molar-refractivity contribution in [3.8, 4) is 5.82 Å². The molecule has 102 valence electrons. The first-order valence-electron chi connectivity index (χ1n) is 5.76. The summed E-state index contributed by atoms with van der Waals surface area (Å²) in [4.78, 5) is 26.7.